The number of aromatic nitrogens is 3. The molecule has 1 N–H and O–H groups in total. The smallest absolute Gasteiger partial charge is 0.307 e. The van der Waals surface area contributed by atoms with Gasteiger partial charge in [-0.1, -0.05) is 17.3 Å². The van der Waals surface area contributed by atoms with Crippen molar-refractivity contribution in [3.8, 4) is 0 Å². The predicted molar refractivity (Wildman–Crippen MR) is 86.8 cm³/mol. The van der Waals surface area contributed by atoms with Gasteiger partial charge in [0.1, 0.15) is 11.6 Å². The molecule has 0 unspecified atom stereocenters. The maximum atomic E-state index is 12.2. The zero-order valence-corrected chi connectivity index (χ0v) is 14.1. The van der Waals surface area contributed by atoms with Crippen LogP contribution in [-0.2, 0) is 26.1 Å². The number of rotatable bonds is 7. The van der Waals surface area contributed by atoms with Crippen molar-refractivity contribution in [3.63, 3.8) is 0 Å². The highest BCUT2D eigenvalue weighted by Crippen LogP contribution is 2.04. The van der Waals surface area contributed by atoms with Gasteiger partial charge in [-0.15, -0.1) is 5.10 Å². The number of hydrogen-bond acceptors (Lipinski definition) is 7. The summed E-state index contributed by atoms with van der Waals surface area (Å²) >= 11 is 0. The van der Waals surface area contributed by atoms with Crippen molar-refractivity contribution in [2.24, 2.45) is 0 Å². The van der Waals surface area contributed by atoms with Gasteiger partial charge in [0.25, 0.3) is 5.56 Å². The van der Waals surface area contributed by atoms with Crippen LogP contribution >= 0.6 is 0 Å². The Labute approximate surface area is 138 Å². The normalized spacial score (nSPS) is 12.9. The van der Waals surface area contributed by atoms with Gasteiger partial charge in [-0.3, -0.25) is 9.59 Å². The number of aryl methyl sites for hydroxylation is 1. The van der Waals surface area contributed by atoms with E-state index in [1.54, 1.807) is 31.2 Å². The van der Waals surface area contributed by atoms with E-state index in [4.69, 9.17) is 4.74 Å². The molecule has 0 spiro atoms. The molecule has 1 heterocycles. The van der Waals surface area contributed by atoms with Crippen LogP contribution in [0.15, 0.2) is 29.1 Å². The van der Waals surface area contributed by atoms with E-state index in [9.17, 15) is 18.0 Å². The second-order valence-corrected chi connectivity index (χ2v) is 7.14. The van der Waals surface area contributed by atoms with Crippen molar-refractivity contribution >= 4 is 26.9 Å². The average Bonchev–Trinajstić information content (AvgIpc) is 2.52. The fourth-order valence-electron chi connectivity index (χ4n) is 1.96. The summed E-state index contributed by atoms with van der Waals surface area (Å²) in [5.74, 6) is -0.556. The second-order valence-electron chi connectivity index (χ2n) is 5.31. The molecule has 0 aliphatic carbocycles. The molecule has 24 heavy (non-hydrogen) atoms. The standard InChI is InChI=1S/C14H18N4O5S/c1-10(9-15-24(2,21)22)23-13(19)7-8-18-14(20)11-5-3-4-6-12(11)16-17-18/h3-6,10,15H,7-9H2,1-2H3/t10-/m1/s1. The van der Waals surface area contributed by atoms with E-state index in [0.29, 0.717) is 10.9 Å². The third kappa shape index (κ3) is 5.10. The SMILES string of the molecule is C[C@H](CNS(C)(=O)=O)OC(=O)CCn1nnc2ccccc2c1=O. The summed E-state index contributed by atoms with van der Waals surface area (Å²) in [5, 5.41) is 8.13. The Morgan fingerprint density at radius 2 is 2.08 bits per heavy atom. The van der Waals surface area contributed by atoms with E-state index in [-0.39, 0.29) is 25.1 Å². The van der Waals surface area contributed by atoms with Crippen LogP contribution in [0.1, 0.15) is 13.3 Å². The molecule has 0 saturated carbocycles. The highest BCUT2D eigenvalue weighted by molar-refractivity contribution is 7.88. The molecule has 0 aliphatic rings. The Kier molecular flexibility index (Phi) is 5.62. The van der Waals surface area contributed by atoms with E-state index in [1.807, 2.05) is 0 Å². The molecule has 1 aromatic carbocycles. The maximum Gasteiger partial charge on any atom is 0.307 e. The van der Waals surface area contributed by atoms with Gasteiger partial charge < -0.3 is 4.74 Å². The van der Waals surface area contributed by atoms with Crippen LogP contribution in [0.3, 0.4) is 0 Å². The van der Waals surface area contributed by atoms with Gasteiger partial charge >= 0.3 is 5.97 Å². The van der Waals surface area contributed by atoms with Crippen molar-refractivity contribution in [2.75, 3.05) is 12.8 Å². The van der Waals surface area contributed by atoms with Crippen LogP contribution < -0.4 is 10.3 Å². The van der Waals surface area contributed by atoms with E-state index in [0.717, 1.165) is 10.9 Å². The molecule has 0 radical (unpaired) electrons. The molecule has 1 atom stereocenters. The number of ether oxygens (including phenoxy) is 1. The Morgan fingerprint density at radius 1 is 1.38 bits per heavy atom. The summed E-state index contributed by atoms with van der Waals surface area (Å²) in [6, 6.07) is 6.80. The van der Waals surface area contributed by atoms with Crippen molar-refractivity contribution in [2.45, 2.75) is 26.0 Å². The summed E-state index contributed by atoms with van der Waals surface area (Å²) in [4.78, 5) is 24.0. The first kappa shape index (κ1) is 18.0. The first-order chi connectivity index (χ1) is 11.3. The third-order valence-corrected chi connectivity index (χ3v) is 3.81. The molecule has 0 bridgehead atoms. The fourth-order valence-corrected chi connectivity index (χ4v) is 2.50. The molecule has 10 heteroatoms. The summed E-state index contributed by atoms with van der Waals surface area (Å²) in [5.41, 5.74) is 0.155. The summed E-state index contributed by atoms with van der Waals surface area (Å²) in [6.45, 7) is 1.58. The van der Waals surface area contributed by atoms with Gasteiger partial charge in [-0.05, 0) is 19.1 Å². The molecule has 2 aromatic rings. The lowest BCUT2D eigenvalue weighted by atomic mass is 10.2. The first-order valence-electron chi connectivity index (χ1n) is 7.23. The number of esters is 1. The largest absolute Gasteiger partial charge is 0.461 e. The van der Waals surface area contributed by atoms with Crippen LogP contribution in [0.4, 0.5) is 0 Å². The number of carbonyl (C=O) groups excluding carboxylic acids is 1. The van der Waals surface area contributed by atoms with E-state index in [2.05, 4.69) is 15.0 Å². The highest BCUT2D eigenvalue weighted by atomic mass is 32.2. The molecule has 1 aromatic heterocycles. The summed E-state index contributed by atoms with van der Waals surface area (Å²) < 4.78 is 30.4. The fraction of sp³-hybridized carbons (Fsp3) is 0.429. The second kappa shape index (κ2) is 7.49. The molecule has 0 saturated heterocycles. The van der Waals surface area contributed by atoms with Crippen LogP contribution in [-0.4, -0.2) is 48.3 Å². The van der Waals surface area contributed by atoms with Crippen molar-refractivity contribution in [1.29, 1.82) is 0 Å². The topological polar surface area (TPSA) is 120 Å². The molecule has 2 rings (SSSR count). The van der Waals surface area contributed by atoms with E-state index < -0.39 is 22.1 Å². The minimum Gasteiger partial charge on any atom is -0.461 e. The van der Waals surface area contributed by atoms with Crippen molar-refractivity contribution in [3.05, 3.63) is 34.6 Å². The number of sulfonamides is 1. The van der Waals surface area contributed by atoms with Crippen molar-refractivity contribution in [1.82, 2.24) is 19.7 Å². The lowest BCUT2D eigenvalue weighted by Gasteiger charge is -2.13. The lowest BCUT2D eigenvalue weighted by molar-refractivity contribution is -0.148. The monoisotopic (exact) mass is 354 g/mol. The van der Waals surface area contributed by atoms with Crippen LogP contribution in [0.5, 0.6) is 0 Å². The van der Waals surface area contributed by atoms with Gasteiger partial charge in [-0.25, -0.2) is 17.8 Å². The molecule has 130 valence electrons. The number of benzene rings is 1. The van der Waals surface area contributed by atoms with Gasteiger partial charge in [-0.2, -0.15) is 0 Å². The van der Waals surface area contributed by atoms with Gasteiger partial charge in [0.05, 0.1) is 24.6 Å². The number of hydrogen-bond donors (Lipinski definition) is 1. The van der Waals surface area contributed by atoms with Crippen LogP contribution in [0.25, 0.3) is 10.9 Å². The van der Waals surface area contributed by atoms with Crippen molar-refractivity contribution < 1.29 is 17.9 Å². The Bertz CT molecular complexity index is 893. The molecule has 0 amide bonds. The molecular weight excluding hydrogens is 336 g/mol. The lowest BCUT2D eigenvalue weighted by Crippen LogP contribution is -2.33. The number of carbonyl (C=O) groups is 1. The van der Waals surface area contributed by atoms with Gasteiger partial charge in [0, 0.05) is 6.54 Å². The minimum atomic E-state index is -3.34. The van der Waals surface area contributed by atoms with Gasteiger partial charge in [0.2, 0.25) is 10.0 Å². The molecular formula is C14H18N4O5S. The summed E-state index contributed by atoms with van der Waals surface area (Å²) in [7, 11) is -3.34. The molecule has 0 aliphatic heterocycles. The Hall–Kier alpha value is -2.33. The number of nitrogens with one attached hydrogen (secondary N) is 1. The molecule has 0 fully saturated rings. The van der Waals surface area contributed by atoms with E-state index in [1.165, 1.54) is 0 Å². The van der Waals surface area contributed by atoms with Crippen LogP contribution in [0, 0.1) is 0 Å². The maximum absolute atomic E-state index is 12.2. The Balaban J connectivity index is 1.92. The first-order valence-corrected chi connectivity index (χ1v) is 9.12. The zero-order valence-electron chi connectivity index (χ0n) is 13.3. The van der Waals surface area contributed by atoms with E-state index >= 15 is 0 Å². The van der Waals surface area contributed by atoms with Crippen LogP contribution in [0.2, 0.25) is 0 Å². The zero-order chi connectivity index (χ0) is 17.7. The highest BCUT2D eigenvalue weighted by Gasteiger charge is 2.13. The average molecular weight is 354 g/mol. The predicted octanol–water partition coefficient (Wildman–Crippen LogP) is -0.337. The quantitative estimate of drug-likeness (QED) is 0.675. The number of nitrogens with zero attached hydrogens (tertiary/aromatic N) is 3. The summed E-state index contributed by atoms with van der Waals surface area (Å²) in [6.07, 6.45) is 0.328. The number of fused-ring (bicyclic) bond motifs is 1. The third-order valence-electron chi connectivity index (χ3n) is 3.12. The molecule has 9 nitrogen and oxygen atoms in total. The van der Waals surface area contributed by atoms with Gasteiger partial charge in [0.15, 0.2) is 0 Å². The minimum absolute atomic E-state index is 0.0136. The Morgan fingerprint density at radius 3 is 2.79 bits per heavy atom.